The Kier molecular flexibility index (Phi) is 5.96. The number of hydrogen-bond acceptors (Lipinski definition) is 2. The number of rotatable bonds is 5. The molecule has 1 aliphatic rings. The summed E-state index contributed by atoms with van der Waals surface area (Å²) in [5.74, 6) is 1.69. The molecule has 1 aromatic carbocycles. The third kappa shape index (κ3) is 5.20. The van der Waals surface area contributed by atoms with Gasteiger partial charge in [-0.25, -0.2) is 0 Å². The Hall–Kier alpha value is -0.960. The zero-order valence-electron chi connectivity index (χ0n) is 12.6. The molecule has 0 bridgehead atoms. The van der Waals surface area contributed by atoms with E-state index >= 15 is 0 Å². The Morgan fingerprint density at radius 2 is 1.80 bits per heavy atom. The maximum absolute atomic E-state index is 11.9. The van der Waals surface area contributed by atoms with Crippen LogP contribution in [0.25, 0.3) is 0 Å². The van der Waals surface area contributed by atoms with E-state index in [1.165, 1.54) is 36.0 Å². The minimum atomic E-state index is 0.200. The van der Waals surface area contributed by atoms with Crippen LogP contribution in [0.2, 0.25) is 0 Å². The first kappa shape index (κ1) is 15.4. The van der Waals surface area contributed by atoms with Crippen LogP contribution in [-0.4, -0.2) is 17.7 Å². The molecule has 2 nitrogen and oxygen atoms in total. The average molecular weight is 291 g/mol. The van der Waals surface area contributed by atoms with E-state index in [1.807, 2.05) is 0 Å². The number of amides is 1. The zero-order valence-corrected chi connectivity index (χ0v) is 13.4. The minimum Gasteiger partial charge on any atom is -0.353 e. The van der Waals surface area contributed by atoms with E-state index in [1.54, 1.807) is 11.8 Å². The summed E-state index contributed by atoms with van der Waals surface area (Å²) in [6.45, 7) is 4.24. The van der Waals surface area contributed by atoms with Gasteiger partial charge in [-0.05, 0) is 32.3 Å². The lowest BCUT2D eigenvalue weighted by Gasteiger charge is -2.22. The molecule has 1 aliphatic carbocycles. The van der Waals surface area contributed by atoms with Crippen LogP contribution in [0.15, 0.2) is 18.2 Å². The Morgan fingerprint density at radius 3 is 2.45 bits per heavy atom. The maximum atomic E-state index is 11.9. The van der Waals surface area contributed by atoms with Gasteiger partial charge in [0.05, 0.1) is 5.75 Å². The van der Waals surface area contributed by atoms with Crippen molar-refractivity contribution in [3.05, 3.63) is 34.9 Å². The SMILES string of the molecule is Cc1cc(C)cc(CSCC(=O)NC2CCCCC2)c1. The second-order valence-corrected chi connectivity index (χ2v) is 6.88. The highest BCUT2D eigenvalue weighted by Crippen LogP contribution is 2.18. The molecule has 1 fully saturated rings. The van der Waals surface area contributed by atoms with Gasteiger partial charge in [0.1, 0.15) is 0 Å². The average Bonchev–Trinajstić information content (AvgIpc) is 2.38. The predicted molar refractivity (Wildman–Crippen MR) is 87.1 cm³/mol. The molecule has 1 N–H and O–H groups in total. The van der Waals surface area contributed by atoms with Gasteiger partial charge in [0.25, 0.3) is 0 Å². The lowest BCUT2D eigenvalue weighted by atomic mass is 9.95. The molecule has 0 aromatic heterocycles. The molecule has 20 heavy (non-hydrogen) atoms. The quantitative estimate of drug-likeness (QED) is 0.889. The third-order valence-electron chi connectivity index (χ3n) is 3.75. The van der Waals surface area contributed by atoms with Crippen LogP contribution in [0.1, 0.15) is 48.8 Å². The van der Waals surface area contributed by atoms with Crippen LogP contribution in [0, 0.1) is 13.8 Å². The molecule has 1 aromatic rings. The summed E-state index contributed by atoms with van der Waals surface area (Å²) in [4.78, 5) is 11.9. The number of nitrogens with one attached hydrogen (secondary N) is 1. The van der Waals surface area contributed by atoms with E-state index in [0.29, 0.717) is 11.8 Å². The van der Waals surface area contributed by atoms with Crippen LogP contribution >= 0.6 is 11.8 Å². The number of thioether (sulfide) groups is 1. The van der Waals surface area contributed by atoms with E-state index in [0.717, 1.165) is 18.6 Å². The second-order valence-electron chi connectivity index (χ2n) is 5.89. The van der Waals surface area contributed by atoms with E-state index < -0.39 is 0 Å². The van der Waals surface area contributed by atoms with E-state index in [-0.39, 0.29) is 5.91 Å². The molecular weight excluding hydrogens is 266 g/mol. The fourth-order valence-electron chi connectivity index (χ4n) is 2.93. The fourth-order valence-corrected chi connectivity index (χ4v) is 3.70. The maximum Gasteiger partial charge on any atom is 0.230 e. The highest BCUT2D eigenvalue weighted by atomic mass is 32.2. The van der Waals surface area contributed by atoms with E-state index in [4.69, 9.17) is 0 Å². The Labute approximate surface area is 126 Å². The van der Waals surface area contributed by atoms with Crippen molar-refractivity contribution in [2.45, 2.75) is 57.7 Å². The number of benzene rings is 1. The van der Waals surface area contributed by atoms with Gasteiger partial charge in [0, 0.05) is 11.8 Å². The molecule has 1 amide bonds. The summed E-state index contributed by atoms with van der Waals surface area (Å²) in [5, 5.41) is 3.17. The van der Waals surface area contributed by atoms with Crippen LogP contribution < -0.4 is 5.32 Å². The van der Waals surface area contributed by atoms with E-state index in [9.17, 15) is 4.79 Å². The molecule has 2 rings (SSSR count). The summed E-state index contributed by atoms with van der Waals surface area (Å²) in [6.07, 6.45) is 6.18. The smallest absolute Gasteiger partial charge is 0.230 e. The second kappa shape index (κ2) is 7.72. The molecule has 0 heterocycles. The molecule has 0 spiro atoms. The van der Waals surface area contributed by atoms with Gasteiger partial charge in [-0.15, -0.1) is 11.8 Å². The summed E-state index contributed by atoms with van der Waals surface area (Å²) in [7, 11) is 0. The van der Waals surface area contributed by atoms with Crippen molar-refractivity contribution in [2.75, 3.05) is 5.75 Å². The topological polar surface area (TPSA) is 29.1 Å². The molecule has 0 radical (unpaired) electrons. The zero-order chi connectivity index (χ0) is 14.4. The van der Waals surface area contributed by atoms with Crippen LogP contribution in [-0.2, 0) is 10.5 Å². The monoisotopic (exact) mass is 291 g/mol. The molecular formula is C17H25NOS. The highest BCUT2D eigenvalue weighted by molar-refractivity contribution is 7.99. The van der Waals surface area contributed by atoms with Crippen molar-refractivity contribution in [1.29, 1.82) is 0 Å². The molecule has 0 unspecified atom stereocenters. The Balaban J connectivity index is 1.70. The summed E-state index contributed by atoms with van der Waals surface area (Å²) in [6, 6.07) is 7.03. The van der Waals surface area contributed by atoms with Crippen LogP contribution in [0.5, 0.6) is 0 Å². The van der Waals surface area contributed by atoms with Crippen molar-refractivity contribution in [1.82, 2.24) is 5.32 Å². The minimum absolute atomic E-state index is 0.200. The lowest BCUT2D eigenvalue weighted by molar-refractivity contribution is -0.119. The van der Waals surface area contributed by atoms with Crippen molar-refractivity contribution < 1.29 is 4.79 Å². The van der Waals surface area contributed by atoms with Crippen molar-refractivity contribution in [3.63, 3.8) is 0 Å². The standard InChI is InChI=1S/C17H25NOS/c1-13-8-14(2)10-15(9-13)11-20-12-17(19)18-16-6-4-3-5-7-16/h8-10,16H,3-7,11-12H2,1-2H3,(H,18,19). The molecule has 3 heteroatoms. The third-order valence-corrected chi connectivity index (χ3v) is 4.76. The van der Waals surface area contributed by atoms with Gasteiger partial charge < -0.3 is 5.32 Å². The van der Waals surface area contributed by atoms with Gasteiger partial charge in [-0.1, -0.05) is 48.6 Å². The largest absolute Gasteiger partial charge is 0.353 e. The van der Waals surface area contributed by atoms with E-state index in [2.05, 4.69) is 37.4 Å². The molecule has 0 atom stereocenters. The first-order valence-electron chi connectivity index (χ1n) is 7.58. The number of aryl methyl sites for hydroxylation is 2. The van der Waals surface area contributed by atoms with Gasteiger partial charge >= 0.3 is 0 Å². The van der Waals surface area contributed by atoms with Crippen LogP contribution in [0.4, 0.5) is 0 Å². The number of carbonyl (C=O) groups excluding carboxylic acids is 1. The predicted octanol–water partition coefficient (Wildman–Crippen LogP) is 3.99. The van der Waals surface area contributed by atoms with Crippen LogP contribution in [0.3, 0.4) is 0 Å². The Morgan fingerprint density at radius 1 is 1.15 bits per heavy atom. The van der Waals surface area contributed by atoms with Crippen molar-refractivity contribution >= 4 is 17.7 Å². The molecule has 0 saturated heterocycles. The molecule has 110 valence electrons. The fraction of sp³-hybridized carbons (Fsp3) is 0.588. The number of carbonyl (C=O) groups is 1. The molecule has 0 aliphatic heterocycles. The van der Waals surface area contributed by atoms with Gasteiger partial charge in [0.15, 0.2) is 0 Å². The van der Waals surface area contributed by atoms with Crippen molar-refractivity contribution in [3.8, 4) is 0 Å². The lowest BCUT2D eigenvalue weighted by Crippen LogP contribution is -2.37. The first-order chi connectivity index (χ1) is 9.63. The van der Waals surface area contributed by atoms with Gasteiger partial charge in [-0.3, -0.25) is 4.79 Å². The normalized spacial score (nSPS) is 16.1. The molecule has 1 saturated carbocycles. The summed E-state index contributed by atoms with van der Waals surface area (Å²) >= 11 is 1.71. The Bertz CT molecular complexity index is 432. The van der Waals surface area contributed by atoms with Crippen molar-refractivity contribution in [2.24, 2.45) is 0 Å². The summed E-state index contributed by atoms with van der Waals surface area (Å²) < 4.78 is 0. The number of hydrogen-bond donors (Lipinski definition) is 1. The summed E-state index contributed by atoms with van der Waals surface area (Å²) in [5.41, 5.74) is 3.91. The van der Waals surface area contributed by atoms with Gasteiger partial charge in [-0.2, -0.15) is 0 Å². The highest BCUT2D eigenvalue weighted by Gasteiger charge is 2.15. The van der Waals surface area contributed by atoms with Gasteiger partial charge in [0.2, 0.25) is 5.91 Å². The first-order valence-corrected chi connectivity index (χ1v) is 8.73.